The number of rotatable bonds is 3. The Morgan fingerprint density at radius 1 is 1.41 bits per heavy atom. The second-order valence-electron chi connectivity index (χ2n) is 5.11. The summed E-state index contributed by atoms with van der Waals surface area (Å²) >= 11 is 6.05. The average molecular weight is 257 g/mol. The summed E-state index contributed by atoms with van der Waals surface area (Å²) in [5.74, 6) is 0.637. The Bertz CT molecular complexity index is 337. The fraction of sp³-hybridized carbons (Fsp3) is 0.769. The smallest absolute Gasteiger partial charge is 0.0974 e. The van der Waals surface area contributed by atoms with Crippen molar-refractivity contribution in [2.75, 3.05) is 0 Å². The third kappa shape index (κ3) is 3.23. The fourth-order valence-corrected chi connectivity index (χ4v) is 3.11. The van der Waals surface area contributed by atoms with Crippen molar-refractivity contribution in [1.29, 1.82) is 0 Å². The lowest BCUT2D eigenvalue weighted by atomic mass is 9.92. The van der Waals surface area contributed by atoms with Crippen molar-refractivity contribution in [2.24, 2.45) is 13.0 Å². The highest BCUT2D eigenvalue weighted by molar-refractivity contribution is 6.31. The van der Waals surface area contributed by atoms with Gasteiger partial charge in [0.15, 0.2) is 0 Å². The summed E-state index contributed by atoms with van der Waals surface area (Å²) in [6, 6.07) is 0. The van der Waals surface area contributed by atoms with Crippen LogP contribution in [0.3, 0.4) is 0 Å². The molecule has 1 aliphatic carbocycles. The molecule has 0 aliphatic heterocycles. The summed E-state index contributed by atoms with van der Waals surface area (Å²) in [6.07, 6.45) is 9.73. The summed E-state index contributed by atoms with van der Waals surface area (Å²) < 4.78 is 1.68. The number of aromatic nitrogens is 2. The van der Waals surface area contributed by atoms with Crippen LogP contribution in [0, 0.1) is 5.92 Å². The van der Waals surface area contributed by atoms with E-state index < -0.39 is 6.10 Å². The maximum absolute atomic E-state index is 10.3. The van der Waals surface area contributed by atoms with Gasteiger partial charge in [0, 0.05) is 7.05 Å². The number of aliphatic hydroxyl groups is 1. The van der Waals surface area contributed by atoms with Crippen LogP contribution in [0.4, 0.5) is 0 Å². The minimum Gasteiger partial charge on any atom is -0.387 e. The first-order valence-electron chi connectivity index (χ1n) is 6.54. The van der Waals surface area contributed by atoms with Gasteiger partial charge in [0.25, 0.3) is 0 Å². The van der Waals surface area contributed by atoms with Crippen LogP contribution in [0.25, 0.3) is 0 Å². The quantitative estimate of drug-likeness (QED) is 0.841. The number of aryl methyl sites for hydroxylation is 1. The Labute approximate surface area is 108 Å². The predicted molar refractivity (Wildman–Crippen MR) is 69.0 cm³/mol. The van der Waals surface area contributed by atoms with E-state index in [1.807, 2.05) is 7.05 Å². The maximum Gasteiger partial charge on any atom is 0.0974 e. The van der Waals surface area contributed by atoms with Crippen LogP contribution in [-0.2, 0) is 7.05 Å². The van der Waals surface area contributed by atoms with Gasteiger partial charge in [-0.25, -0.2) is 0 Å². The van der Waals surface area contributed by atoms with Crippen molar-refractivity contribution in [3.63, 3.8) is 0 Å². The van der Waals surface area contributed by atoms with E-state index in [0.717, 1.165) is 12.1 Å². The minimum absolute atomic E-state index is 0.474. The van der Waals surface area contributed by atoms with Crippen molar-refractivity contribution < 1.29 is 5.11 Å². The van der Waals surface area contributed by atoms with E-state index in [1.54, 1.807) is 10.9 Å². The van der Waals surface area contributed by atoms with Gasteiger partial charge in [-0.1, -0.05) is 50.1 Å². The second-order valence-corrected chi connectivity index (χ2v) is 5.52. The number of aliphatic hydroxyl groups excluding tert-OH is 1. The molecule has 3 nitrogen and oxygen atoms in total. The summed E-state index contributed by atoms with van der Waals surface area (Å²) in [5.41, 5.74) is 0.760. The Hall–Kier alpha value is -0.540. The van der Waals surface area contributed by atoms with Gasteiger partial charge in [-0.15, -0.1) is 0 Å². The third-order valence-corrected chi connectivity index (χ3v) is 4.08. The van der Waals surface area contributed by atoms with E-state index in [4.69, 9.17) is 11.6 Å². The van der Waals surface area contributed by atoms with E-state index >= 15 is 0 Å². The molecule has 0 spiro atoms. The van der Waals surface area contributed by atoms with Crippen LogP contribution in [0.5, 0.6) is 0 Å². The summed E-state index contributed by atoms with van der Waals surface area (Å²) in [5, 5.41) is 14.9. The van der Waals surface area contributed by atoms with Gasteiger partial charge in [-0.2, -0.15) is 5.10 Å². The van der Waals surface area contributed by atoms with Crippen molar-refractivity contribution in [3.05, 3.63) is 16.9 Å². The monoisotopic (exact) mass is 256 g/mol. The molecule has 0 amide bonds. The van der Waals surface area contributed by atoms with E-state index in [1.165, 1.54) is 38.5 Å². The molecule has 0 radical (unpaired) electrons. The molecule has 96 valence electrons. The Balaban J connectivity index is 1.98. The van der Waals surface area contributed by atoms with Crippen LogP contribution < -0.4 is 0 Å². The summed E-state index contributed by atoms with van der Waals surface area (Å²) in [6.45, 7) is 0. The lowest BCUT2D eigenvalue weighted by Crippen LogP contribution is -2.11. The Morgan fingerprint density at radius 3 is 2.59 bits per heavy atom. The van der Waals surface area contributed by atoms with Crippen LogP contribution in [0.2, 0.25) is 5.02 Å². The molecule has 1 saturated carbocycles. The lowest BCUT2D eigenvalue weighted by molar-refractivity contribution is 0.131. The lowest BCUT2D eigenvalue weighted by Gasteiger charge is -2.19. The molecule has 0 aromatic carbocycles. The number of hydrogen-bond donors (Lipinski definition) is 1. The number of nitrogens with zero attached hydrogens (tertiary/aromatic N) is 2. The van der Waals surface area contributed by atoms with E-state index in [9.17, 15) is 5.11 Å². The molecule has 1 heterocycles. The first-order valence-corrected chi connectivity index (χ1v) is 6.91. The van der Waals surface area contributed by atoms with Gasteiger partial charge in [-0.05, 0) is 12.3 Å². The van der Waals surface area contributed by atoms with Gasteiger partial charge >= 0.3 is 0 Å². The first kappa shape index (κ1) is 12.9. The molecule has 0 bridgehead atoms. The van der Waals surface area contributed by atoms with Gasteiger partial charge in [-0.3, -0.25) is 4.68 Å². The zero-order valence-electron chi connectivity index (χ0n) is 10.4. The van der Waals surface area contributed by atoms with Crippen LogP contribution >= 0.6 is 11.6 Å². The summed E-state index contributed by atoms with van der Waals surface area (Å²) in [4.78, 5) is 0. The molecule has 1 aromatic rings. The van der Waals surface area contributed by atoms with Crippen molar-refractivity contribution in [3.8, 4) is 0 Å². The van der Waals surface area contributed by atoms with E-state index in [2.05, 4.69) is 5.10 Å². The molecule has 4 heteroatoms. The Kier molecular flexibility index (Phi) is 4.46. The van der Waals surface area contributed by atoms with Gasteiger partial charge in [0.2, 0.25) is 0 Å². The van der Waals surface area contributed by atoms with Crippen LogP contribution in [0.1, 0.15) is 56.7 Å². The topological polar surface area (TPSA) is 38.0 Å². The highest BCUT2D eigenvalue weighted by Crippen LogP contribution is 2.33. The van der Waals surface area contributed by atoms with E-state index in [-0.39, 0.29) is 0 Å². The van der Waals surface area contributed by atoms with Crippen molar-refractivity contribution in [2.45, 2.75) is 51.0 Å². The molecule has 1 fully saturated rings. The number of halogens is 1. The number of hydrogen-bond acceptors (Lipinski definition) is 2. The zero-order valence-corrected chi connectivity index (χ0v) is 11.2. The van der Waals surface area contributed by atoms with Crippen molar-refractivity contribution >= 4 is 11.6 Å². The Morgan fingerprint density at radius 2 is 2.06 bits per heavy atom. The highest BCUT2D eigenvalue weighted by Gasteiger charge is 2.21. The molecule has 0 saturated heterocycles. The van der Waals surface area contributed by atoms with Crippen LogP contribution in [-0.4, -0.2) is 14.9 Å². The van der Waals surface area contributed by atoms with Gasteiger partial charge in [0.05, 0.1) is 23.0 Å². The normalized spacial score (nSPS) is 20.2. The molecule has 2 rings (SSSR count). The molecule has 1 aliphatic rings. The molecule has 1 N–H and O–H groups in total. The fourth-order valence-electron chi connectivity index (χ4n) is 2.82. The van der Waals surface area contributed by atoms with Gasteiger partial charge < -0.3 is 5.11 Å². The average Bonchev–Trinajstić information content (AvgIpc) is 2.53. The molecule has 1 atom stereocenters. The third-order valence-electron chi connectivity index (χ3n) is 3.78. The maximum atomic E-state index is 10.3. The zero-order chi connectivity index (χ0) is 12.3. The molecule has 1 aromatic heterocycles. The van der Waals surface area contributed by atoms with E-state index in [0.29, 0.717) is 10.9 Å². The standard InChI is InChI=1S/C13H21ClN2O/c1-16-13(11(14)9-15-16)12(17)8-10-6-4-2-3-5-7-10/h9-10,12,17H,2-8H2,1H3. The van der Waals surface area contributed by atoms with Crippen molar-refractivity contribution in [1.82, 2.24) is 9.78 Å². The minimum atomic E-state index is -0.474. The molecule has 1 unspecified atom stereocenters. The highest BCUT2D eigenvalue weighted by atomic mass is 35.5. The first-order chi connectivity index (χ1) is 8.18. The predicted octanol–water partition coefficient (Wildman–Crippen LogP) is 3.47. The van der Waals surface area contributed by atoms with Crippen LogP contribution in [0.15, 0.2) is 6.20 Å². The second kappa shape index (κ2) is 5.87. The summed E-state index contributed by atoms with van der Waals surface area (Å²) in [7, 11) is 1.83. The molecular formula is C13H21ClN2O. The molecule has 17 heavy (non-hydrogen) atoms. The molecular weight excluding hydrogens is 236 g/mol. The SMILES string of the molecule is Cn1ncc(Cl)c1C(O)CC1CCCCCC1. The van der Waals surface area contributed by atoms with Gasteiger partial charge in [0.1, 0.15) is 0 Å². The largest absolute Gasteiger partial charge is 0.387 e.